The fraction of sp³-hybridized carbons (Fsp3) is 0.318. The smallest absolute Gasteiger partial charge is 0.420 e. The first kappa shape index (κ1) is 23.5. The van der Waals surface area contributed by atoms with Gasteiger partial charge in [-0.3, -0.25) is 9.78 Å². The summed E-state index contributed by atoms with van der Waals surface area (Å²) in [5.41, 5.74) is 0.119. The van der Waals surface area contributed by atoms with Gasteiger partial charge in [-0.1, -0.05) is 19.8 Å². The van der Waals surface area contributed by atoms with E-state index in [0.717, 1.165) is 30.2 Å². The summed E-state index contributed by atoms with van der Waals surface area (Å²) in [4.78, 5) is 22.1. The molecule has 0 spiro atoms. The number of carbonyl (C=O) groups excluding carboxylic acids is 1. The minimum Gasteiger partial charge on any atom is -0.493 e. The van der Waals surface area contributed by atoms with Gasteiger partial charge in [0.2, 0.25) is 0 Å². The third-order valence-electron chi connectivity index (χ3n) is 4.59. The summed E-state index contributed by atoms with van der Waals surface area (Å²) in [5, 5.41) is 4.60. The second-order valence-corrected chi connectivity index (χ2v) is 7.84. The standard InChI is InChI=1S/C22H23F3N4O2S/c1-3-4-5-11-31-19-9-8-16(12-17(19)22(23,24)25)29(2)21-28-18(14-32-21)20(30)27-15-7-6-10-26-13-15/h6-10,12-14H,3-5,11H2,1-2H3,(H,27,30). The van der Waals surface area contributed by atoms with Crippen molar-refractivity contribution in [3.05, 3.63) is 59.4 Å². The molecule has 0 bridgehead atoms. The lowest BCUT2D eigenvalue weighted by Crippen LogP contribution is -2.15. The van der Waals surface area contributed by atoms with Crippen LogP contribution in [-0.4, -0.2) is 29.5 Å². The van der Waals surface area contributed by atoms with E-state index in [1.54, 1.807) is 36.8 Å². The first-order valence-corrected chi connectivity index (χ1v) is 10.9. The zero-order valence-corrected chi connectivity index (χ0v) is 18.5. The molecular weight excluding hydrogens is 441 g/mol. The maximum Gasteiger partial charge on any atom is 0.420 e. The molecule has 2 heterocycles. The quantitative estimate of drug-likeness (QED) is 0.385. The van der Waals surface area contributed by atoms with Crippen LogP contribution in [0, 0.1) is 0 Å². The van der Waals surface area contributed by atoms with Gasteiger partial charge in [0, 0.05) is 24.3 Å². The van der Waals surface area contributed by atoms with Crippen LogP contribution in [0.5, 0.6) is 5.75 Å². The van der Waals surface area contributed by atoms with Crippen molar-refractivity contribution in [3.8, 4) is 5.75 Å². The zero-order valence-electron chi connectivity index (χ0n) is 17.6. The third-order valence-corrected chi connectivity index (χ3v) is 5.51. The van der Waals surface area contributed by atoms with E-state index < -0.39 is 17.6 Å². The number of anilines is 3. The van der Waals surface area contributed by atoms with E-state index in [9.17, 15) is 18.0 Å². The van der Waals surface area contributed by atoms with Gasteiger partial charge < -0.3 is 15.0 Å². The lowest BCUT2D eigenvalue weighted by Gasteiger charge is -2.20. The van der Waals surface area contributed by atoms with Gasteiger partial charge in [-0.15, -0.1) is 11.3 Å². The molecule has 0 unspecified atom stereocenters. The van der Waals surface area contributed by atoms with Gasteiger partial charge in [0.1, 0.15) is 11.4 Å². The number of unbranched alkanes of at least 4 members (excludes halogenated alkanes) is 2. The van der Waals surface area contributed by atoms with Crippen LogP contribution in [0.2, 0.25) is 0 Å². The molecule has 0 radical (unpaired) electrons. The lowest BCUT2D eigenvalue weighted by molar-refractivity contribution is -0.138. The Hall–Kier alpha value is -3.14. The van der Waals surface area contributed by atoms with E-state index in [1.807, 2.05) is 6.92 Å². The number of ether oxygens (including phenoxy) is 1. The Morgan fingerprint density at radius 3 is 2.75 bits per heavy atom. The average molecular weight is 465 g/mol. The molecule has 0 saturated carbocycles. The normalized spacial score (nSPS) is 11.3. The van der Waals surface area contributed by atoms with Crippen LogP contribution in [0.4, 0.5) is 29.7 Å². The SMILES string of the molecule is CCCCCOc1ccc(N(C)c2nc(C(=O)Nc3cccnc3)cs2)cc1C(F)(F)F. The molecule has 1 aromatic carbocycles. The maximum atomic E-state index is 13.6. The Bertz CT molecular complexity index is 1040. The average Bonchev–Trinajstić information content (AvgIpc) is 3.27. The number of thiazole rings is 1. The van der Waals surface area contributed by atoms with Crippen LogP contribution in [0.25, 0.3) is 0 Å². The second kappa shape index (κ2) is 10.4. The number of pyridine rings is 1. The predicted octanol–water partition coefficient (Wildman–Crippen LogP) is 6.15. The molecule has 32 heavy (non-hydrogen) atoms. The summed E-state index contributed by atoms with van der Waals surface area (Å²) in [5.74, 6) is -0.623. The highest BCUT2D eigenvalue weighted by molar-refractivity contribution is 7.14. The van der Waals surface area contributed by atoms with E-state index in [1.165, 1.54) is 17.2 Å². The molecule has 2 aromatic heterocycles. The fourth-order valence-electron chi connectivity index (χ4n) is 2.87. The fourth-order valence-corrected chi connectivity index (χ4v) is 3.66. The van der Waals surface area contributed by atoms with Gasteiger partial charge in [0.25, 0.3) is 5.91 Å². The van der Waals surface area contributed by atoms with Gasteiger partial charge in [-0.05, 0) is 36.8 Å². The number of hydrogen-bond acceptors (Lipinski definition) is 6. The first-order chi connectivity index (χ1) is 15.3. The number of rotatable bonds is 9. The molecule has 0 aliphatic carbocycles. The molecule has 3 aromatic rings. The Morgan fingerprint density at radius 1 is 1.25 bits per heavy atom. The van der Waals surface area contributed by atoms with Gasteiger partial charge in [-0.2, -0.15) is 13.2 Å². The molecule has 0 saturated heterocycles. The number of nitrogens with zero attached hydrogens (tertiary/aromatic N) is 3. The van der Waals surface area contributed by atoms with Crippen molar-refractivity contribution in [1.29, 1.82) is 0 Å². The van der Waals surface area contributed by atoms with E-state index in [4.69, 9.17) is 4.74 Å². The second-order valence-electron chi connectivity index (χ2n) is 7.00. The number of hydrogen-bond donors (Lipinski definition) is 1. The van der Waals surface area contributed by atoms with Crippen molar-refractivity contribution < 1.29 is 22.7 Å². The molecule has 0 atom stereocenters. The molecule has 0 aliphatic heterocycles. The molecule has 0 aliphatic rings. The zero-order chi connectivity index (χ0) is 23.1. The number of aromatic nitrogens is 2. The number of alkyl halides is 3. The van der Waals surface area contributed by atoms with Crippen molar-refractivity contribution in [2.75, 3.05) is 23.9 Å². The summed E-state index contributed by atoms with van der Waals surface area (Å²) in [6.07, 6.45) is 1.06. The Balaban J connectivity index is 1.77. The summed E-state index contributed by atoms with van der Waals surface area (Å²) in [6.45, 7) is 2.24. The highest BCUT2D eigenvalue weighted by Crippen LogP contribution is 2.40. The van der Waals surface area contributed by atoms with Crippen molar-refractivity contribution in [2.45, 2.75) is 32.4 Å². The number of carbonyl (C=O) groups is 1. The van der Waals surface area contributed by atoms with Gasteiger partial charge in [-0.25, -0.2) is 4.98 Å². The maximum absolute atomic E-state index is 13.6. The van der Waals surface area contributed by atoms with Crippen molar-refractivity contribution in [3.63, 3.8) is 0 Å². The van der Waals surface area contributed by atoms with Gasteiger partial charge in [0.15, 0.2) is 5.13 Å². The molecule has 0 fully saturated rings. The topological polar surface area (TPSA) is 67.3 Å². The van der Waals surface area contributed by atoms with E-state index >= 15 is 0 Å². The molecule has 3 rings (SSSR count). The highest BCUT2D eigenvalue weighted by atomic mass is 32.1. The summed E-state index contributed by atoms with van der Waals surface area (Å²) in [7, 11) is 1.60. The minimum absolute atomic E-state index is 0.160. The van der Waals surface area contributed by atoms with Crippen LogP contribution in [-0.2, 0) is 6.18 Å². The van der Waals surface area contributed by atoms with Crippen molar-refractivity contribution in [1.82, 2.24) is 9.97 Å². The first-order valence-electron chi connectivity index (χ1n) is 10.0. The monoisotopic (exact) mass is 464 g/mol. The molecular formula is C22H23F3N4O2S. The van der Waals surface area contributed by atoms with Gasteiger partial charge in [0.05, 0.1) is 24.1 Å². The number of benzene rings is 1. The van der Waals surface area contributed by atoms with Crippen LogP contribution in [0.1, 0.15) is 42.2 Å². The largest absolute Gasteiger partial charge is 0.493 e. The van der Waals surface area contributed by atoms with Crippen molar-refractivity contribution in [2.24, 2.45) is 0 Å². The highest BCUT2D eigenvalue weighted by Gasteiger charge is 2.35. The number of amides is 1. The van der Waals surface area contributed by atoms with Crippen LogP contribution in [0.3, 0.4) is 0 Å². The van der Waals surface area contributed by atoms with E-state index in [2.05, 4.69) is 15.3 Å². The summed E-state index contributed by atoms with van der Waals surface area (Å²) in [6, 6.07) is 7.28. The predicted molar refractivity (Wildman–Crippen MR) is 119 cm³/mol. The molecule has 6 nitrogen and oxygen atoms in total. The third kappa shape index (κ3) is 5.97. The van der Waals surface area contributed by atoms with Crippen LogP contribution in [0.15, 0.2) is 48.1 Å². The van der Waals surface area contributed by atoms with Crippen molar-refractivity contribution >= 4 is 33.8 Å². The number of halogens is 3. The Kier molecular flexibility index (Phi) is 7.68. The van der Waals surface area contributed by atoms with E-state index in [-0.39, 0.29) is 23.7 Å². The summed E-state index contributed by atoms with van der Waals surface area (Å²) >= 11 is 1.15. The Labute approximate surface area is 188 Å². The molecule has 10 heteroatoms. The minimum atomic E-state index is -4.56. The summed E-state index contributed by atoms with van der Waals surface area (Å²) < 4.78 is 46.2. The van der Waals surface area contributed by atoms with Crippen LogP contribution < -0.4 is 15.0 Å². The molecule has 170 valence electrons. The Morgan fingerprint density at radius 2 is 2.06 bits per heavy atom. The van der Waals surface area contributed by atoms with E-state index in [0.29, 0.717) is 17.2 Å². The van der Waals surface area contributed by atoms with Crippen LogP contribution >= 0.6 is 11.3 Å². The molecule has 1 N–H and O–H groups in total. The molecule has 1 amide bonds. The van der Waals surface area contributed by atoms with Gasteiger partial charge >= 0.3 is 6.18 Å². The number of nitrogens with one attached hydrogen (secondary N) is 1. The lowest BCUT2D eigenvalue weighted by atomic mass is 10.1.